The Bertz CT molecular complexity index is 1120. The quantitative estimate of drug-likeness (QED) is 0.662. The molecule has 2 aromatic rings. The van der Waals surface area contributed by atoms with Gasteiger partial charge in [-0.05, 0) is 56.0 Å². The SMILES string of the molecule is CC#CCN1CC[C@@]2(C[C@H]1C)C(N1Cc3ccccc3C1)=NC(=O)N2c1cccc(F)c1. The van der Waals surface area contributed by atoms with Crippen LogP contribution in [0.2, 0.25) is 0 Å². The summed E-state index contributed by atoms with van der Waals surface area (Å²) in [6.45, 7) is 7.02. The number of urea groups is 1. The molecule has 1 spiro atoms. The minimum Gasteiger partial charge on any atom is -0.349 e. The van der Waals surface area contributed by atoms with Crippen LogP contribution in [0.15, 0.2) is 53.5 Å². The number of benzene rings is 2. The zero-order valence-corrected chi connectivity index (χ0v) is 18.5. The molecular weight excluding hydrogens is 403 g/mol. The number of anilines is 1. The van der Waals surface area contributed by atoms with Crippen molar-refractivity contribution in [3.63, 3.8) is 0 Å². The fraction of sp³-hybridized carbons (Fsp3) is 0.385. The van der Waals surface area contributed by atoms with Gasteiger partial charge in [0.1, 0.15) is 17.2 Å². The van der Waals surface area contributed by atoms with Crippen LogP contribution in [0.5, 0.6) is 0 Å². The van der Waals surface area contributed by atoms with Crippen molar-refractivity contribution in [3.8, 4) is 11.8 Å². The Morgan fingerprint density at radius 2 is 1.91 bits per heavy atom. The van der Waals surface area contributed by atoms with Crippen LogP contribution in [0.25, 0.3) is 0 Å². The van der Waals surface area contributed by atoms with Gasteiger partial charge in [0.05, 0.1) is 6.54 Å². The average molecular weight is 431 g/mol. The van der Waals surface area contributed by atoms with Crippen LogP contribution >= 0.6 is 0 Å². The molecule has 3 aliphatic rings. The summed E-state index contributed by atoms with van der Waals surface area (Å²) >= 11 is 0. The molecule has 0 bridgehead atoms. The highest BCUT2D eigenvalue weighted by Crippen LogP contribution is 2.43. The number of nitrogens with zero attached hydrogens (tertiary/aromatic N) is 4. The molecule has 0 aromatic heterocycles. The van der Waals surface area contributed by atoms with E-state index in [-0.39, 0.29) is 17.9 Å². The summed E-state index contributed by atoms with van der Waals surface area (Å²) in [4.78, 5) is 24.2. The Morgan fingerprint density at radius 1 is 1.16 bits per heavy atom. The number of likely N-dealkylation sites (tertiary alicyclic amines) is 1. The first-order valence-electron chi connectivity index (χ1n) is 11.2. The highest BCUT2D eigenvalue weighted by Gasteiger charge is 2.55. The van der Waals surface area contributed by atoms with Crippen LogP contribution in [0.3, 0.4) is 0 Å². The van der Waals surface area contributed by atoms with Crippen molar-refractivity contribution in [2.24, 2.45) is 4.99 Å². The Kier molecular flexibility index (Phi) is 5.22. The van der Waals surface area contributed by atoms with E-state index in [2.05, 4.69) is 45.7 Å². The number of hydrogen-bond donors (Lipinski definition) is 0. The summed E-state index contributed by atoms with van der Waals surface area (Å²) in [5, 5.41) is 0. The molecule has 5 rings (SSSR count). The maximum Gasteiger partial charge on any atom is 0.350 e. The van der Waals surface area contributed by atoms with Crippen molar-refractivity contribution in [1.29, 1.82) is 0 Å². The Balaban J connectivity index is 1.54. The molecule has 1 fully saturated rings. The summed E-state index contributed by atoms with van der Waals surface area (Å²) in [6, 6.07) is 14.6. The summed E-state index contributed by atoms with van der Waals surface area (Å²) in [6.07, 6.45) is 1.46. The van der Waals surface area contributed by atoms with Gasteiger partial charge in [-0.1, -0.05) is 36.3 Å². The first-order valence-corrected chi connectivity index (χ1v) is 11.2. The largest absolute Gasteiger partial charge is 0.350 e. The lowest BCUT2D eigenvalue weighted by Crippen LogP contribution is -2.63. The van der Waals surface area contributed by atoms with Gasteiger partial charge < -0.3 is 4.90 Å². The number of aliphatic imine (C=N–C) groups is 1. The molecule has 6 heteroatoms. The van der Waals surface area contributed by atoms with Gasteiger partial charge in [-0.15, -0.1) is 5.92 Å². The summed E-state index contributed by atoms with van der Waals surface area (Å²) in [5.41, 5.74) is 2.51. The summed E-state index contributed by atoms with van der Waals surface area (Å²) in [7, 11) is 0. The van der Waals surface area contributed by atoms with Crippen molar-refractivity contribution in [3.05, 3.63) is 65.5 Å². The second kappa shape index (κ2) is 8.07. The van der Waals surface area contributed by atoms with E-state index < -0.39 is 5.54 Å². The molecule has 2 aromatic carbocycles. The zero-order valence-electron chi connectivity index (χ0n) is 18.5. The topological polar surface area (TPSA) is 39.1 Å². The van der Waals surface area contributed by atoms with Gasteiger partial charge in [0.2, 0.25) is 0 Å². The lowest BCUT2D eigenvalue weighted by Gasteiger charge is -2.49. The Morgan fingerprint density at radius 3 is 2.56 bits per heavy atom. The molecular formula is C26H27FN4O. The average Bonchev–Trinajstić information content (AvgIpc) is 3.32. The highest BCUT2D eigenvalue weighted by atomic mass is 19.1. The lowest BCUT2D eigenvalue weighted by molar-refractivity contribution is 0.141. The first kappa shape index (κ1) is 20.7. The van der Waals surface area contributed by atoms with Crippen LogP contribution in [0, 0.1) is 17.7 Å². The van der Waals surface area contributed by atoms with Crippen molar-refractivity contribution in [2.75, 3.05) is 18.0 Å². The zero-order chi connectivity index (χ0) is 22.3. The normalized spacial score (nSPS) is 25.0. The van der Waals surface area contributed by atoms with E-state index in [1.54, 1.807) is 17.0 Å². The van der Waals surface area contributed by atoms with E-state index >= 15 is 0 Å². The van der Waals surface area contributed by atoms with E-state index in [0.717, 1.165) is 38.3 Å². The molecule has 5 nitrogen and oxygen atoms in total. The van der Waals surface area contributed by atoms with Crippen LogP contribution in [0.4, 0.5) is 14.9 Å². The maximum absolute atomic E-state index is 14.1. The number of piperidine rings is 1. The molecule has 32 heavy (non-hydrogen) atoms. The number of carbonyl (C=O) groups excluding carboxylic acids is 1. The summed E-state index contributed by atoms with van der Waals surface area (Å²) in [5.74, 6) is 6.61. The number of amidine groups is 1. The van der Waals surface area contributed by atoms with Crippen molar-refractivity contribution in [1.82, 2.24) is 9.80 Å². The molecule has 2 amide bonds. The fourth-order valence-corrected chi connectivity index (χ4v) is 5.44. The maximum atomic E-state index is 14.1. The van der Waals surface area contributed by atoms with E-state index in [9.17, 15) is 9.18 Å². The molecule has 3 aliphatic heterocycles. The second-order valence-corrected chi connectivity index (χ2v) is 8.89. The predicted molar refractivity (Wildman–Crippen MR) is 124 cm³/mol. The van der Waals surface area contributed by atoms with Gasteiger partial charge in [-0.3, -0.25) is 9.80 Å². The third-order valence-corrected chi connectivity index (χ3v) is 6.97. The third-order valence-electron chi connectivity index (χ3n) is 6.97. The molecule has 0 radical (unpaired) electrons. The predicted octanol–water partition coefficient (Wildman–Crippen LogP) is 4.43. The van der Waals surface area contributed by atoms with Crippen molar-refractivity contribution < 1.29 is 9.18 Å². The minimum absolute atomic E-state index is 0.210. The third kappa shape index (κ3) is 3.37. The first-order chi connectivity index (χ1) is 15.5. The molecule has 0 saturated carbocycles. The monoisotopic (exact) mass is 430 g/mol. The Labute approximate surface area is 188 Å². The number of carbonyl (C=O) groups is 1. The van der Waals surface area contributed by atoms with Gasteiger partial charge in [-0.25, -0.2) is 9.18 Å². The molecule has 164 valence electrons. The molecule has 2 atom stereocenters. The van der Waals surface area contributed by atoms with Crippen molar-refractivity contribution in [2.45, 2.75) is 51.4 Å². The number of fused-ring (bicyclic) bond motifs is 1. The molecule has 0 aliphatic carbocycles. The smallest absolute Gasteiger partial charge is 0.349 e. The van der Waals surface area contributed by atoms with E-state index in [1.807, 2.05) is 19.1 Å². The van der Waals surface area contributed by atoms with Gasteiger partial charge in [0.15, 0.2) is 0 Å². The van der Waals surface area contributed by atoms with E-state index in [4.69, 9.17) is 0 Å². The molecule has 0 unspecified atom stereocenters. The summed E-state index contributed by atoms with van der Waals surface area (Å²) < 4.78 is 14.1. The molecule has 0 N–H and O–H groups in total. The minimum atomic E-state index is -0.595. The van der Waals surface area contributed by atoms with Gasteiger partial charge in [0, 0.05) is 31.4 Å². The number of halogens is 1. The number of hydrogen-bond acceptors (Lipinski definition) is 3. The standard InChI is InChI=1S/C26H27FN4O/c1-3-4-13-29-14-12-26(16-19(29)2)24(30-17-20-8-5-6-9-21(20)18-30)28-25(32)31(26)23-11-7-10-22(27)15-23/h5-11,15,19H,12-14,16-18H2,1-2H3/t19-,26-/m1/s1. The Hall–Kier alpha value is -3.17. The van der Waals surface area contributed by atoms with Crippen LogP contribution < -0.4 is 4.90 Å². The lowest BCUT2D eigenvalue weighted by atomic mass is 9.80. The second-order valence-electron chi connectivity index (χ2n) is 8.89. The van der Waals surface area contributed by atoms with Crippen molar-refractivity contribution >= 4 is 17.6 Å². The van der Waals surface area contributed by atoms with Gasteiger partial charge in [-0.2, -0.15) is 4.99 Å². The van der Waals surface area contributed by atoms with E-state index in [1.165, 1.54) is 23.3 Å². The number of amides is 2. The van der Waals surface area contributed by atoms with Crippen LogP contribution in [0.1, 0.15) is 37.8 Å². The van der Waals surface area contributed by atoms with Crippen LogP contribution in [-0.2, 0) is 13.1 Å². The van der Waals surface area contributed by atoms with Crippen LogP contribution in [-0.4, -0.2) is 46.3 Å². The highest BCUT2D eigenvalue weighted by molar-refractivity contribution is 6.16. The van der Waals surface area contributed by atoms with E-state index in [0.29, 0.717) is 12.2 Å². The van der Waals surface area contributed by atoms with Gasteiger partial charge in [0.25, 0.3) is 0 Å². The van der Waals surface area contributed by atoms with Gasteiger partial charge >= 0.3 is 6.03 Å². The number of rotatable bonds is 2. The molecule has 3 heterocycles. The fourth-order valence-electron chi connectivity index (χ4n) is 5.44. The molecule has 1 saturated heterocycles.